The maximum absolute atomic E-state index is 12.6. The first-order valence-corrected chi connectivity index (χ1v) is 7.09. The van der Waals surface area contributed by atoms with Gasteiger partial charge in [-0.25, -0.2) is 0 Å². The van der Waals surface area contributed by atoms with E-state index in [4.69, 9.17) is 10.5 Å². The second-order valence-electron chi connectivity index (χ2n) is 4.98. The molecule has 2 aromatic rings. The van der Waals surface area contributed by atoms with Crippen molar-refractivity contribution in [1.29, 1.82) is 0 Å². The molecule has 1 aromatic carbocycles. The standard InChI is InChI=1S/C16H17F3N2O2/c1-2-23-15(22)14(20)10-13-4-3-9-21(13)12-7-5-11(6-8-12)16(17,18)19/h3-9,14H,2,10,20H2,1H3. The van der Waals surface area contributed by atoms with Crippen LogP contribution in [0.15, 0.2) is 42.6 Å². The molecule has 0 bridgehead atoms. The molecule has 2 rings (SSSR count). The van der Waals surface area contributed by atoms with Gasteiger partial charge in [-0.1, -0.05) is 0 Å². The molecule has 23 heavy (non-hydrogen) atoms. The Hall–Kier alpha value is -2.28. The van der Waals surface area contributed by atoms with Gasteiger partial charge in [0.15, 0.2) is 0 Å². The summed E-state index contributed by atoms with van der Waals surface area (Å²) in [6.45, 7) is 1.93. The van der Waals surface area contributed by atoms with Crippen LogP contribution in [0, 0.1) is 0 Å². The third kappa shape index (κ3) is 4.13. The molecule has 7 heteroatoms. The fourth-order valence-electron chi connectivity index (χ4n) is 2.20. The van der Waals surface area contributed by atoms with Crippen LogP contribution in [-0.4, -0.2) is 23.2 Å². The van der Waals surface area contributed by atoms with Gasteiger partial charge in [0.2, 0.25) is 0 Å². The lowest BCUT2D eigenvalue weighted by atomic mass is 10.1. The SMILES string of the molecule is CCOC(=O)C(N)Cc1cccn1-c1ccc(C(F)(F)F)cc1. The molecule has 0 fully saturated rings. The third-order valence-electron chi connectivity index (χ3n) is 3.32. The second kappa shape index (κ2) is 6.87. The van der Waals surface area contributed by atoms with Crippen molar-refractivity contribution in [3.8, 4) is 5.69 Å². The highest BCUT2D eigenvalue weighted by Gasteiger charge is 2.30. The van der Waals surface area contributed by atoms with Crippen molar-refractivity contribution >= 4 is 5.97 Å². The summed E-state index contributed by atoms with van der Waals surface area (Å²) >= 11 is 0. The van der Waals surface area contributed by atoms with Crippen LogP contribution in [-0.2, 0) is 22.1 Å². The van der Waals surface area contributed by atoms with Crippen molar-refractivity contribution in [2.24, 2.45) is 5.73 Å². The van der Waals surface area contributed by atoms with Gasteiger partial charge < -0.3 is 15.0 Å². The maximum Gasteiger partial charge on any atom is 0.416 e. The van der Waals surface area contributed by atoms with Crippen molar-refractivity contribution in [3.63, 3.8) is 0 Å². The highest BCUT2D eigenvalue weighted by molar-refractivity contribution is 5.75. The van der Waals surface area contributed by atoms with E-state index in [-0.39, 0.29) is 13.0 Å². The number of hydrogen-bond acceptors (Lipinski definition) is 3. The van der Waals surface area contributed by atoms with Gasteiger partial charge in [-0.05, 0) is 43.3 Å². The molecule has 0 saturated heterocycles. The quantitative estimate of drug-likeness (QED) is 0.860. The van der Waals surface area contributed by atoms with Crippen molar-refractivity contribution in [3.05, 3.63) is 53.9 Å². The van der Waals surface area contributed by atoms with Gasteiger partial charge >= 0.3 is 12.1 Å². The zero-order valence-corrected chi connectivity index (χ0v) is 12.5. The second-order valence-corrected chi connectivity index (χ2v) is 4.98. The molecular weight excluding hydrogens is 309 g/mol. The van der Waals surface area contributed by atoms with Gasteiger partial charge in [0, 0.05) is 24.0 Å². The monoisotopic (exact) mass is 326 g/mol. The molecule has 1 heterocycles. The summed E-state index contributed by atoms with van der Waals surface area (Å²) in [5.74, 6) is -0.507. The first-order valence-electron chi connectivity index (χ1n) is 7.09. The summed E-state index contributed by atoms with van der Waals surface area (Å²) in [4.78, 5) is 11.6. The number of rotatable bonds is 5. The lowest BCUT2D eigenvalue weighted by molar-refractivity contribution is -0.144. The Morgan fingerprint density at radius 1 is 1.26 bits per heavy atom. The Bertz CT molecular complexity index is 663. The molecule has 1 aromatic heterocycles. The molecule has 0 radical (unpaired) electrons. The number of carbonyl (C=O) groups is 1. The summed E-state index contributed by atoms with van der Waals surface area (Å²) in [5.41, 5.74) is 6.35. The summed E-state index contributed by atoms with van der Waals surface area (Å²) in [6.07, 6.45) is -2.44. The molecule has 1 unspecified atom stereocenters. The minimum absolute atomic E-state index is 0.229. The Labute approximate surface area is 131 Å². The smallest absolute Gasteiger partial charge is 0.416 e. The van der Waals surface area contributed by atoms with E-state index < -0.39 is 23.8 Å². The van der Waals surface area contributed by atoms with Gasteiger partial charge in [0.1, 0.15) is 6.04 Å². The van der Waals surface area contributed by atoms with Crippen LogP contribution in [0.3, 0.4) is 0 Å². The first kappa shape index (κ1) is 17.1. The van der Waals surface area contributed by atoms with Crippen LogP contribution in [0.1, 0.15) is 18.2 Å². The van der Waals surface area contributed by atoms with Gasteiger partial charge in [-0.15, -0.1) is 0 Å². The predicted molar refractivity (Wildman–Crippen MR) is 79.1 cm³/mol. The average Bonchev–Trinajstić information content (AvgIpc) is 2.94. The van der Waals surface area contributed by atoms with Gasteiger partial charge in [0.25, 0.3) is 0 Å². The number of hydrogen-bond donors (Lipinski definition) is 1. The largest absolute Gasteiger partial charge is 0.465 e. The predicted octanol–water partition coefficient (Wildman–Crippen LogP) is 2.93. The minimum atomic E-state index is -4.37. The van der Waals surface area contributed by atoms with E-state index in [1.807, 2.05) is 0 Å². The molecule has 0 amide bonds. The van der Waals surface area contributed by atoms with Gasteiger partial charge in [-0.2, -0.15) is 13.2 Å². The minimum Gasteiger partial charge on any atom is -0.465 e. The van der Waals surface area contributed by atoms with E-state index in [1.165, 1.54) is 12.1 Å². The summed E-state index contributed by atoms with van der Waals surface area (Å²) in [6, 6.07) is 7.47. The van der Waals surface area contributed by atoms with E-state index >= 15 is 0 Å². The number of esters is 1. The number of nitrogens with two attached hydrogens (primary N) is 1. The molecule has 0 saturated carbocycles. The summed E-state index contributed by atoms with van der Waals surface area (Å²) in [5, 5.41) is 0. The number of aromatic nitrogens is 1. The molecular formula is C16H17F3N2O2. The van der Waals surface area contributed by atoms with Gasteiger partial charge in [0.05, 0.1) is 12.2 Å². The van der Waals surface area contributed by atoms with E-state index in [9.17, 15) is 18.0 Å². The molecule has 2 N–H and O–H groups in total. The van der Waals surface area contributed by atoms with Crippen LogP contribution in [0.25, 0.3) is 5.69 Å². The van der Waals surface area contributed by atoms with E-state index in [2.05, 4.69) is 0 Å². The normalized spacial score (nSPS) is 12.9. The summed E-state index contributed by atoms with van der Waals surface area (Å²) in [7, 11) is 0. The Balaban J connectivity index is 2.19. The molecule has 0 aliphatic rings. The fourth-order valence-corrected chi connectivity index (χ4v) is 2.20. The van der Waals surface area contributed by atoms with Crippen molar-refractivity contribution in [2.75, 3.05) is 6.61 Å². The number of halogens is 3. The number of carbonyl (C=O) groups excluding carboxylic acids is 1. The number of nitrogens with zero attached hydrogens (tertiary/aromatic N) is 1. The summed E-state index contributed by atoms with van der Waals surface area (Å²) < 4.78 is 44.3. The number of benzene rings is 1. The molecule has 0 aliphatic heterocycles. The maximum atomic E-state index is 12.6. The molecule has 4 nitrogen and oxygen atoms in total. The topological polar surface area (TPSA) is 57.2 Å². The van der Waals surface area contributed by atoms with Crippen LogP contribution in [0.4, 0.5) is 13.2 Å². The van der Waals surface area contributed by atoms with Crippen molar-refractivity contribution in [1.82, 2.24) is 4.57 Å². The molecule has 0 spiro atoms. The first-order chi connectivity index (χ1) is 10.8. The Kier molecular flexibility index (Phi) is 5.10. The fraction of sp³-hybridized carbons (Fsp3) is 0.312. The van der Waals surface area contributed by atoms with E-state index in [0.717, 1.165) is 12.1 Å². The number of alkyl halides is 3. The van der Waals surface area contributed by atoms with Crippen LogP contribution in [0.2, 0.25) is 0 Å². The van der Waals surface area contributed by atoms with E-state index in [0.29, 0.717) is 11.4 Å². The van der Waals surface area contributed by atoms with E-state index in [1.54, 1.807) is 29.8 Å². The Morgan fingerprint density at radius 3 is 2.48 bits per heavy atom. The number of ether oxygens (including phenoxy) is 1. The lowest BCUT2D eigenvalue weighted by Gasteiger charge is -2.14. The zero-order valence-electron chi connectivity index (χ0n) is 12.5. The van der Waals surface area contributed by atoms with Crippen LogP contribution >= 0.6 is 0 Å². The molecule has 0 aliphatic carbocycles. The van der Waals surface area contributed by atoms with Crippen LogP contribution in [0.5, 0.6) is 0 Å². The Morgan fingerprint density at radius 2 is 1.91 bits per heavy atom. The molecule has 124 valence electrons. The lowest BCUT2D eigenvalue weighted by Crippen LogP contribution is -2.34. The highest BCUT2D eigenvalue weighted by Crippen LogP contribution is 2.29. The zero-order chi connectivity index (χ0) is 17.0. The van der Waals surface area contributed by atoms with Gasteiger partial charge in [-0.3, -0.25) is 4.79 Å². The highest BCUT2D eigenvalue weighted by atomic mass is 19.4. The van der Waals surface area contributed by atoms with Crippen molar-refractivity contribution in [2.45, 2.75) is 25.6 Å². The molecule has 1 atom stereocenters. The van der Waals surface area contributed by atoms with Crippen LogP contribution < -0.4 is 5.73 Å². The third-order valence-corrected chi connectivity index (χ3v) is 3.32. The van der Waals surface area contributed by atoms with Crippen molar-refractivity contribution < 1.29 is 22.7 Å². The average molecular weight is 326 g/mol.